The first-order chi connectivity index (χ1) is 13.9. The number of anilines is 1. The van der Waals surface area contributed by atoms with Gasteiger partial charge in [0.25, 0.3) is 5.91 Å². The first-order valence-corrected chi connectivity index (χ1v) is 9.99. The third-order valence-corrected chi connectivity index (χ3v) is 5.44. The quantitative estimate of drug-likeness (QED) is 0.523. The van der Waals surface area contributed by atoms with Gasteiger partial charge in [0, 0.05) is 17.3 Å². The highest BCUT2D eigenvalue weighted by Gasteiger charge is 2.28. The highest BCUT2D eigenvalue weighted by Crippen LogP contribution is 2.20. The van der Waals surface area contributed by atoms with E-state index in [-0.39, 0.29) is 10.5 Å². The minimum atomic E-state index is -4.55. The number of carbonyl (C=O) groups excluding carboxylic acids is 2. The molecular formula is C18H19F3N4O4S. The summed E-state index contributed by atoms with van der Waals surface area (Å²) in [7, 11) is -3.97. The number of alkyl halides is 3. The highest BCUT2D eigenvalue weighted by atomic mass is 32.2. The van der Waals surface area contributed by atoms with E-state index in [4.69, 9.17) is 5.73 Å². The molecule has 12 heteroatoms. The van der Waals surface area contributed by atoms with Crippen LogP contribution in [0.25, 0.3) is 0 Å². The molecule has 0 saturated heterocycles. The van der Waals surface area contributed by atoms with Gasteiger partial charge in [-0.05, 0) is 48.9 Å². The van der Waals surface area contributed by atoms with Crippen molar-refractivity contribution in [1.29, 1.82) is 0 Å². The molecule has 0 aliphatic rings. The fourth-order valence-electron chi connectivity index (χ4n) is 2.43. The monoisotopic (exact) mass is 444 g/mol. The summed E-state index contributed by atoms with van der Waals surface area (Å²) in [6.45, 7) is 0.117. The van der Waals surface area contributed by atoms with Gasteiger partial charge in [-0.1, -0.05) is 12.1 Å². The second-order valence-corrected chi connectivity index (χ2v) is 7.99. The average molecular weight is 444 g/mol. The van der Waals surface area contributed by atoms with Gasteiger partial charge in [0.05, 0.1) is 4.90 Å². The number of nitrogens with two attached hydrogens (primary N) is 1. The topological polar surface area (TPSA) is 130 Å². The normalized spacial score (nSPS) is 12.8. The van der Waals surface area contributed by atoms with Crippen LogP contribution in [0.2, 0.25) is 0 Å². The lowest BCUT2D eigenvalue weighted by Gasteiger charge is -2.15. The van der Waals surface area contributed by atoms with E-state index in [9.17, 15) is 31.2 Å². The fourth-order valence-corrected chi connectivity index (χ4v) is 3.67. The summed E-state index contributed by atoms with van der Waals surface area (Å²) >= 11 is 0. The van der Waals surface area contributed by atoms with Gasteiger partial charge in [-0.15, -0.1) is 0 Å². The van der Waals surface area contributed by atoms with E-state index in [1.165, 1.54) is 0 Å². The van der Waals surface area contributed by atoms with Gasteiger partial charge in [-0.25, -0.2) is 17.9 Å². The van der Waals surface area contributed by atoms with Crippen LogP contribution >= 0.6 is 0 Å². The number of benzene rings is 2. The molecule has 0 unspecified atom stereocenters. The lowest BCUT2D eigenvalue weighted by atomic mass is 10.1. The Morgan fingerprint density at radius 3 is 2.10 bits per heavy atom. The zero-order valence-corrected chi connectivity index (χ0v) is 16.5. The van der Waals surface area contributed by atoms with Crippen LogP contribution in [0.15, 0.2) is 53.4 Å². The Labute approximate surface area is 170 Å². The molecule has 0 bridgehead atoms. The first kappa shape index (κ1) is 23.2. The molecular weight excluding hydrogens is 425 g/mol. The van der Waals surface area contributed by atoms with Crippen molar-refractivity contribution in [2.24, 2.45) is 5.73 Å². The zero-order chi connectivity index (χ0) is 22.5. The minimum Gasteiger partial charge on any atom is -0.351 e. The lowest BCUT2D eigenvalue weighted by Crippen LogP contribution is -2.33. The summed E-state index contributed by atoms with van der Waals surface area (Å²) in [6.07, 6.45) is -4.55. The second-order valence-electron chi connectivity index (χ2n) is 6.28. The number of rotatable bonds is 7. The highest BCUT2D eigenvalue weighted by molar-refractivity contribution is 7.89. The molecule has 1 atom stereocenters. The smallest absolute Gasteiger partial charge is 0.351 e. The molecule has 0 radical (unpaired) electrons. The number of carbonyl (C=O) groups is 2. The third-order valence-electron chi connectivity index (χ3n) is 3.89. The van der Waals surface area contributed by atoms with Crippen molar-refractivity contribution in [2.75, 3.05) is 11.9 Å². The molecule has 2 aromatic rings. The average Bonchev–Trinajstić information content (AvgIpc) is 2.65. The van der Waals surface area contributed by atoms with Crippen molar-refractivity contribution in [3.05, 3.63) is 59.7 Å². The van der Waals surface area contributed by atoms with E-state index in [0.29, 0.717) is 11.3 Å². The van der Waals surface area contributed by atoms with Crippen LogP contribution in [0.1, 0.15) is 28.9 Å². The molecule has 162 valence electrons. The predicted octanol–water partition coefficient (Wildman–Crippen LogP) is 2.51. The Morgan fingerprint density at radius 2 is 1.60 bits per heavy atom. The molecule has 3 amide bonds. The number of nitrogens with one attached hydrogen (secondary N) is 3. The van der Waals surface area contributed by atoms with Crippen LogP contribution in [0.4, 0.5) is 23.7 Å². The fraction of sp³-hybridized carbons (Fsp3) is 0.222. The van der Waals surface area contributed by atoms with Crippen LogP contribution in [-0.4, -0.2) is 33.1 Å². The van der Waals surface area contributed by atoms with E-state index >= 15 is 0 Å². The summed E-state index contributed by atoms with van der Waals surface area (Å²) < 4.78 is 64.0. The van der Waals surface area contributed by atoms with Crippen molar-refractivity contribution in [1.82, 2.24) is 10.0 Å². The van der Waals surface area contributed by atoms with Gasteiger partial charge in [0.2, 0.25) is 10.0 Å². The molecule has 0 saturated carbocycles. The van der Waals surface area contributed by atoms with Crippen molar-refractivity contribution < 1.29 is 31.2 Å². The molecule has 0 aliphatic carbocycles. The third kappa shape index (κ3) is 6.74. The van der Waals surface area contributed by atoms with E-state index in [1.54, 1.807) is 36.5 Å². The SMILES string of the molecule is C[C@@H](NS(=O)(=O)c1ccc(C(=O)NCC(F)(F)F)cc1)c1ccc(NC(N)=O)cc1. The summed E-state index contributed by atoms with van der Waals surface area (Å²) in [5.74, 6) is -0.970. The number of primary amides is 1. The van der Waals surface area contributed by atoms with E-state index in [1.807, 2.05) is 0 Å². The van der Waals surface area contributed by atoms with E-state index < -0.39 is 40.7 Å². The number of sulfonamides is 1. The Bertz CT molecular complexity index is 1010. The van der Waals surface area contributed by atoms with Crippen molar-refractivity contribution in [2.45, 2.75) is 24.0 Å². The van der Waals surface area contributed by atoms with Crippen molar-refractivity contribution in [3.63, 3.8) is 0 Å². The van der Waals surface area contributed by atoms with Crippen LogP contribution in [-0.2, 0) is 10.0 Å². The largest absolute Gasteiger partial charge is 0.405 e. The molecule has 0 spiro atoms. The molecule has 5 N–H and O–H groups in total. The van der Waals surface area contributed by atoms with Crippen LogP contribution in [0.3, 0.4) is 0 Å². The molecule has 2 rings (SSSR count). The predicted molar refractivity (Wildman–Crippen MR) is 103 cm³/mol. The number of hydrogen-bond acceptors (Lipinski definition) is 4. The Morgan fingerprint density at radius 1 is 1.03 bits per heavy atom. The van der Waals surface area contributed by atoms with Gasteiger partial charge in [-0.3, -0.25) is 4.79 Å². The molecule has 0 fully saturated rings. The number of amides is 3. The Hall–Kier alpha value is -3.12. The van der Waals surface area contributed by atoms with E-state index in [2.05, 4.69) is 10.0 Å². The molecule has 30 heavy (non-hydrogen) atoms. The first-order valence-electron chi connectivity index (χ1n) is 8.51. The van der Waals surface area contributed by atoms with Crippen LogP contribution in [0.5, 0.6) is 0 Å². The molecule has 0 aromatic heterocycles. The molecule has 8 nitrogen and oxygen atoms in total. The van der Waals surface area contributed by atoms with Crippen molar-refractivity contribution in [3.8, 4) is 0 Å². The number of urea groups is 1. The maximum Gasteiger partial charge on any atom is 0.405 e. The summed E-state index contributed by atoms with van der Waals surface area (Å²) in [5.41, 5.74) is 5.96. The zero-order valence-electron chi connectivity index (χ0n) is 15.7. The van der Waals surface area contributed by atoms with Crippen LogP contribution in [0, 0.1) is 0 Å². The lowest BCUT2D eigenvalue weighted by molar-refractivity contribution is -0.123. The Balaban J connectivity index is 2.06. The van der Waals surface area contributed by atoms with Gasteiger partial charge in [-0.2, -0.15) is 13.2 Å². The van der Waals surface area contributed by atoms with E-state index in [0.717, 1.165) is 24.3 Å². The standard InChI is InChI=1S/C18H19F3N4O4S/c1-11(12-2-6-14(7-3-12)24-17(22)27)25-30(28,29)15-8-4-13(5-9-15)16(26)23-10-18(19,20)21/h2-9,11,25H,10H2,1H3,(H,23,26)(H3,22,24,27)/t11-/m1/s1. The maximum absolute atomic E-state index is 12.5. The van der Waals surface area contributed by atoms with Crippen molar-refractivity contribution >= 4 is 27.6 Å². The molecule has 2 aromatic carbocycles. The number of halogens is 3. The molecule has 0 heterocycles. The maximum atomic E-state index is 12.5. The second kappa shape index (κ2) is 9.13. The molecule has 0 aliphatic heterocycles. The Kier molecular flexibility index (Phi) is 7.05. The van der Waals surface area contributed by atoms with Gasteiger partial charge < -0.3 is 16.4 Å². The summed E-state index contributed by atoms with van der Waals surface area (Å²) in [5, 5.41) is 4.09. The van der Waals surface area contributed by atoms with Gasteiger partial charge >= 0.3 is 12.2 Å². The number of hydrogen-bond donors (Lipinski definition) is 4. The summed E-state index contributed by atoms with van der Waals surface area (Å²) in [6, 6.07) is 9.44. The van der Waals surface area contributed by atoms with Gasteiger partial charge in [0.1, 0.15) is 6.54 Å². The minimum absolute atomic E-state index is 0.108. The summed E-state index contributed by atoms with van der Waals surface area (Å²) in [4.78, 5) is 22.4. The van der Waals surface area contributed by atoms with Crippen LogP contribution < -0.4 is 21.1 Å². The van der Waals surface area contributed by atoms with Gasteiger partial charge in [0.15, 0.2) is 0 Å².